The molecule has 0 aliphatic carbocycles. The van der Waals surface area contributed by atoms with Gasteiger partial charge >= 0.3 is 0 Å². The van der Waals surface area contributed by atoms with E-state index in [0.29, 0.717) is 0 Å². The molecule has 0 aliphatic heterocycles. The van der Waals surface area contributed by atoms with E-state index in [0.717, 1.165) is 15.1 Å². The third-order valence-electron chi connectivity index (χ3n) is 1.21. The van der Waals surface area contributed by atoms with Crippen molar-refractivity contribution < 1.29 is 4.84 Å². The van der Waals surface area contributed by atoms with E-state index >= 15 is 0 Å². The Hall–Kier alpha value is -0.350. The first-order valence-corrected chi connectivity index (χ1v) is 4.73. The molecule has 0 saturated carbocycles. The monoisotopic (exact) mass is 233 g/mol. The van der Waals surface area contributed by atoms with E-state index in [2.05, 4.69) is 25.9 Å². The third kappa shape index (κ3) is 2.31. The lowest BCUT2D eigenvalue weighted by atomic mass is 10.2. The minimum absolute atomic E-state index is 0.898. The molecule has 0 radical (unpaired) electrons. The first kappa shape index (κ1) is 8.74. The first-order valence-electron chi connectivity index (χ1n) is 3.06. The van der Waals surface area contributed by atoms with Gasteiger partial charge in [-0.25, -0.2) is 0 Å². The van der Waals surface area contributed by atoms with Crippen molar-refractivity contribution in [1.29, 1.82) is 0 Å². The number of nitrogens with zero attached hydrogens (tertiary/aromatic N) is 1. The Morgan fingerprint density at radius 1 is 1.73 bits per heavy atom. The lowest BCUT2D eigenvalue weighted by Crippen LogP contribution is -1.91. The molecule has 1 aromatic rings. The van der Waals surface area contributed by atoms with Gasteiger partial charge in [0.05, 0.1) is 9.50 Å². The van der Waals surface area contributed by atoms with Gasteiger partial charge < -0.3 is 4.84 Å². The largest absolute Gasteiger partial charge is 0.399 e. The van der Waals surface area contributed by atoms with Gasteiger partial charge in [0.15, 0.2) is 0 Å². The zero-order valence-corrected chi connectivity index (χ0v) is 8.70. The maximum Gasteiger partial charge on any atom is 0.106 e. The molecule has 0 fully saturated rings. The van der Waals surface area contributed by atoms with Crippen molar-refractivity contribution in [3.63, 3.8) is 0 Å². The highest BCUT2D eigenvalue weighted by atomic mass is 79.9. The molecule has 0 N–H and O–H groups in total. The predicted octanol–water partition coefficient (Wildman–Crippen LogP) is 2.88. The van der Waals surface area contributed by atoms with Gasteiger partial charge in [-0.15, -0.1) is 11.3 Å². The summed E-state index contributed by atoms with van der Waals surface area (Å²) >= 11 is 5.01. The summed E-state index contributed by atoms with van der Waals surface area (Å²) in [6, 6.07) is 2.02. The predicted molar refractivity (Wildman–Crippen MR) is 51.2 cm³/mol. The van der Waals surface area contributed by atoms with Crippen LogP contribution in [0.1, 0.15) is 12.5 Å². The highest BCUT2D eigenvalue weighted by Gasteiger charge is 1.99. The third-order valence-corrected chi connectivity index (χ3v) is 2.72. The maximum absolute atomic E-state index is 4.64. The second kappa shape index (κ2) is 3.88. The van der Waals surface area contributed by atoms with Gasteiger partial charge in [-0.05, 0) is 28.9 Å². The number of hydrogen-bond acceptors (Lipinski definition) is 3. The fraction of sp³-hybridized carbons (Fsp3) is 0.286. The van der Waals surface area contributed by atoms with Crippen LogP contribution in [0.15, 0.2) is 20.4 Å². The van der Waals surface area contributed by atoms with Crippen LogP contribution in [0, 0.1) is 0 Å². The Kier molecular flexibility index (Phi) is 3.08. The summed E-state index contributed by atoms with van der Waals surface area (Å²) in [6.07, 6.45) is 0. The number of hydrogen-bond donors (Lipinski definition) is 0. The molecular formula is C7H8BrNOS. The van der Waals surface area contributed by atoms with E-state index in [1.165, 1.54) is 0 Å². The van der Waals surface area contributed by atoms with E-state index in [1.54, 1.807) is 18.4 Å². The first-order chi connectivity index (χ1) is 5.24. The molecule has 0 spiro atoms. The SMILES string of the molecule is CO/N=C(\C)c1csc(Br)c1. The van der Waals surface area contributed by atoms with Gasteiger partial charge in [0, 0.05) is 10.9 Å². The van der Waals surface area contributed by atoms with Gasteiger partial charge in [-0.2, -0.15) is 0 Å². The molecule has 1 rings (SSSR count). The van der Waals surface area contributed by atoms with Gasteiger partial charge in [-0.3, -0.25) is 0 Å². The van der Waals surface area contributed by atoms with Crippen LogP contribution in [0.25, 0.3) is 0 Å². The Morgan fingerprint density at radius 3 is 2.91 bits per heavy atom. The highest BCUT2D eigenvalue weighted by molar-refractivity contribution is 9.11. The molecule has 0 atom stereocenters. The van der Waals surface area contributed by atoms with E-state index in [9.17, 15) is 0 Å². The molecule has 60 valence electrons. The van der Waals surface area contributed by atoms with Crippen molar-refractivity contribution in [2.24, 2.45) is 5.16 Å². The fourth-order valence-electron chi connectivity index (χ4n) is 0.689. The van der Waals surface area contributed by atoms with E-state index < -0.39 is 0 Å². The normalized spacial score (nSPS) is 11.7. The topological polar surface area (TPSA) is 21.6 Å². The standard InChI is InChI=1S/C7H8BrNOS/c1-5(9-10-2)6-3-7(8)11-4-6/h3-4H,1-2H3/b9-5+. The average molecular weight is 234 g/mol. The maximum atomic E-state index is 4.64. The molecule has 0 saturated heterocycles. The van der Waals surface area contributed by atoms with Crippen LogP contribution < -0.4 is 0 Å². The van der Waals surface area contributed by atoms with Crippen molar-refractivity contribution in [1.82, 2.24) is 0 Å². The van der Waals surface area contributed by atoms with E-state index in [-0.39, 0.29) is 0 Å². The van der Waals surface area contributed by atoms with Crippen LogP contribution in [0.2, 0.25) is 0 Å². The molecule has 1 aromatic heterocycles. The van der Waals surface area contributed by atoms with Crippen LogP contribution >= 0.6 is 27.3 Å². The molecule has 4 heteroatoms. The van der Waals surface area contributed by atoms with E-state index in [4.69, 9.17) is 0 Å². The molecular weight excluding hydrogens is 226 g/mol. The van der Waals surface area contributed by atoms with E-state index in [1.807, 2.05) is 18.4 Å². The quantitative estimate of drug-likeness (QED) is 0.569. The molecule has 0 unspecified atom stereocenters. The second-order valence-corrected chi connectivity index (χ2v) is 4.29. The zero-order chi connectivity index (χ0) is 8.27. The van der Waals surface area contributed by atoms with Crippen molar-refractivity contribution in [2.75, 3.05) is 7.11 Å². The Morgan fingerprint density at radius 2 is 2.45 bits per heavy atom. The molecule has 0 bridgehead atoms. The Labute approximate surface area is 78.0 Å². The number of thiophene rings is 1. The smallest absolute Gasteiger partial charge is 0.106 e. The van der Waals surface area contributed by atoms with Crippen LogP contribution in [-0.2, 0) is 4.84 Å². The highest BCUT2D eigenvalue weighted by Crippen LogP contribution is 2.21. The van der Waals surface area contributed by atoms with Crippen molar-refractivity contribution in [3.8, 4) is 0 Å². The van der Waals surface area contributed by atoms with Crippen LogP contribution in [0.4, 0.5) is 0 Å². The van der Waals surface area contributed by atoms with Gasteiger partial charge in [0.25, 0.3) is 0 Å². The summed E-state index contributed by atoms with van der Waals surface area (Å²) in [5.41, 5.74) is 2.00. The Bertz CT molecular complexity index is 269. The molecule has 0 aliphatic rings. The van der Waals surface area contributed by atoms with Crippen LogP contribution in [0.3, 0.4) is 0 Å². The number of rotatable bonds is 2. The minimum Gasteiger partial charge on any atom is -0.399 e. The number of halogens is 1. The summed E-state index contributed by atoms with van der Waals surface area (Å²) in [5.74, 6) is 0. The Balaban J connectivity index is 2.84. The molecule has 11 heavy (non-hydrogen) atoms. The molecule has 0 aromatic carbocycles. The lowest BCUT2D eigenvalue weighted by Gasteiger charge is -1.92. The fourth-order valence-corrected chi connectivity index (χ4v) is 1.89. The summed E-state index contributed by atoms with van der Waals surface area (Å²) in [5, 5.41) is 5.84. The second-order valence-electron chi connectivity index (χ2n) is 2.00. The molecule has 0 amide bonds. The minimum atomic E-state index is 0.898. The lowest BCUT2D eigenvalue weighted by molar-refractivity contribution is 0.213. The molecule has 2 nitrogen and oxygen atoms in total. The van der Waals surface area contributed by atoms with Gasteiger partial charge in [0.1, 0.15) is 7.11 Å². The number of oxime groups is 1. The summed E-state index contributed by atoms with van der Waals surface area (Å²) in [4.78, 5) is 4.64. The summed E-state index contributed by atoms with van der Waals surface area (Å²) in [7, 11) is 1.55. The van der Waals surface area contributed by atoms with Crippen molar-refractivity contribution in [3.05, 3.63) is 20.8 Å². The average Bonchev–Trinajstić information content (AvgIpc) is 2.36. The summed E-state index contributed by atoms with van der Waals surface area (Å²) in [6.45, 7) is 1.91. The van der Waals surface area contributed by atoms with Crippen LogP contribution in [-0.4, -0.2) is 12.8 Å². The zero-order valence-electron chi connectivity index (χ0n) is 6.30. The van der Waals surface area contributed by atoms with Crippen molar-refractivity contribution in [2.45, 2.75) is 6.92 Å². The molecule has 1 heterocycles. The van der Waals surface area contributed by atoms with Gasteiger partial charge in [0.2, 0.25) is 0 Å². The summed E-state index contributed by atoms with van der Waals surface area (Å²) < 4.78 is 1.11. The van der Waals surface area contributed by atoms with Crippen molar-refractivity contribution >= 4 is 33.0 Å². The van der Waals surface area contributed by atoms with Gasteiger partial charge in [-0.1, -0.05) is 5.16 Å². The van der Waals surface area contributed by atoms with Crippen LogP contribution in [0.5, 0.6) is 0 Å².